The first kappa shape index (κ1) is 15.2. The van der Waals surface area contributed by atoms with Gasteiger partial charge in [-0.1, -0.05) is 11.6 Å². The molecule has 2 rings (SSSR count). The van der Waals surface area contributed by atoms with Crippen molar-refractivity contribution >= 4 is 27.3 Å². The lowest BCUT2D eigenvalue weighted by Gasteiger charge is -2.29. The summed E-state index contributed by atoms with van der Waals surface area (Å²) in [6.45, 7) is 2.25. The highest BCUT2D eigenvalue weighted by atomic mass is 35.5. The fourth-order valence-corrected chi connectivity index (χ4v) is 3.70. The van der Waals surface area contributed by atoms with E-state index in [1.807, 2.05) is 7.05 Å². The van der Waals surface area contributed by atoms with Gasteiger partial charge in [0.25, 0.3) is 5.69 Å². The lowest BCUT2D eigenvalue weighted by Crippen LogP contribution is -3.12. The molecule has 0 aromatic heterocycles. The molecule has 1 aromatic carbocycles. The van der Waals surface area contributed by atoms with Gasteiger partial charge < -0.3 is 4.90 Å². The van der Waals surface area contributed by atoms with Crippen LogP contribution in [-0.4, -0.2) is 50.9 Å². The molecule has 0 amide bonds. The maximum absolute atomic E-state index is 12.4. The van der Waals surface area contributed by atoms with Gasteiger partial charge in [0.05, 0.1) is 43.0 Å². The molecule has 7 nitrogen and oxygen atoms in total. The number of sulfonamides is 1. The summed E-state index contributed by atoms with van der Waals surface area (Å²) >= 11 is 5.69. The van der Waals surface area contributed by atoms with Gasteiger partial charge in [-0.05, 0) is 12.1 Å². The predicted molar refractivity (Wildman–Crippen MR) is 73.5 cm³/mol. The topological polar surface area (TPSA) is 85.0 Å². The van der Waals surface area contributed by atoms with E-state index in [9.17, 15) is 18.5 Å². The second kappa shape index (κ2) is 5.65. The molecule has 1 N–H and O–H groups in total. The molecule has 0 atom stereocenters. The van der Waals surface area contributed by atoms with Gasteiger partial charge in [-0.2, -0.15) is 4.31 Å². The SMILES string of the molecule is C[NH+]1CCN(S(=O)(=O)c2ccc(Cl)c([N+](=O)[O-])c2)CC1. The maximum atomic E-state index is 12.4. The molecule has 1 aliphatic rings. The van der Waals surface area contributed by atoms with E-state index in [2.05, 4.69) is 0 Å². The van der Waals surface area contributed by atoms with Crippen LogP contribution in [0, 0.1) is 10.1 Å². The smallest absolute Gasteiger partial charge is 0.289 e. The van der Waals surface area contributed by atoms with E-state index in [1.54, 1.807) is 0 Å². The number of hydrogen-bond acceptors (Lipinski definition) is 4. The van der Waals surface area contributed by atoms with Gasteiger partial charge in [0.2, 0.25) is 10.0 Å². The number of halogens is 1. The molecule has 1 aliphatic heterocycles. The second-order valence-electron chi connectivity index (χ2n) is 4.73. The highest BCUT2D eigenvalue weighted by Crippen LogP contribution is 2.28. The number of nitrogens with one attached hydrogen (secondary N) is 1. The summed E-state index contributed by atoms with van der Waals surface area (Å²) in [4.78, 5) is 11.3. The molecule has 0 unspecified atom stereocenters. The van der Waals surface area contributed by atoms with E-state index in [0.717, 1.165) is 19.2 Å². The van der Waals surface area contributed by atoms with Gasteiger partial charge in [-0.25, -0.2) is 8.42 Å². The Morgan fingerprint density at radius 2 is 1.95 bits per heavy atom. The van der Waals surface area contributed by atoms with Crippen molar-refractivity contribution in [1.82, 2.24) is 4.31 Å². The summed E-state index contributed by atoms with van der Waals surface area (Å²) in [6.07, 6.45) is 0. The summed E-state index contributed by atoms with van der Waals surface area (Å²) in [6, 6.07) is 3.56. The number of benzene rings is 1. The summed E-state index contributed by atoms with van der Waals surface area (Å²) in [5, 5.41) is 10.8. The summed E-state index contributed by atoms with van der Waals surface area (Å²) in [5.41, 5.74) is -0.396. The fraction of sp³-hybridized carbons (Fsp3) is 0.455. The Balaban J connectivity index is 2.35. The van der Waals surface area contributed by atoms with E-state index in [-0.39, 0.29) is 9.92 Å². The van der Waals surface area contributed by atoms with Crippen molar-refractivity contribution < 1.29 is 18.2 Å². The number of likely N-dealkylation sites (N-methyl/N-ethyl adjacent to an activating group) is 1. The molecule has 1 heterocycles. The summed E-state index contributed by atoms with van der Waals surface area (Å²) in [5.74, 6) is 0. The first-order valence-electron chi connectivity index (χ1n) is 6.08. The number of piperazine rings is 1. The number of rotatable bonds is 3. The van der Waals surface area contributed by atoms with Crippen molar-refractivity contribution in [3.8, 4) is 0 Å². The van der Waals surface area contributed by atoms with E-state index < -0.39 is 20.6 Å². The normalized spacial score (nSPS) is 18.1. The maximum Gasteiger partial charge on any atom is 0.289 e. The minimum absolute atomic E-state index is 0.0724. The van der Waals surface area contributed by atoms with Crippen LogP contribution in [0.5, 0.6) is 0 Å². The number of hydrogen-bond donors (Lipinski definition) is 1. The van der Waals surface area contributed by atoms with Crippen LogP contribution in [0.1, 0.15) is 0 Å². The van der Waals surface area contributed by atoms with Crippen LogP contribution in [0.25, 0.3) is 0 Å². The van der Waals surface area contributed by atoms with Gasteiger partial charge in [0.1, 0.15) is 5.02 Å². The Bertz CT molecular complexity index is 627. The lowest BCUT2D eigenvalue weighted by molar-refractivity contribution is -0.883. The first-order chi connectivity index (χ1) is 9.32. The predicted octanol–water partition coefficient (Wildman–Crippen LogP) is -0.233. The van der Waals surface area contributed by atoms with Crippen LogP contribution in [0.2, 0.25) is 5.02 Å². The largest absolute Gasteiger partial charge is 0.335 e. The summed E-state index contributed by atoms with van der Waals surface area (Å²) in [7, 11) is -1.70. The molecule has 1 fully saturated rings. The Morgan fingerprint density at radius 1 is 1.35 bits per heavy atom. The fourth-order valence-electron chi connectivity index (χ4n) is 2.05. The van der Waals surface area contributed by atoms with Crippen LogP contribution in [0.15, 0.2) is 23.1 Å². The molecule has 20 heavy (non-hydrogen) atoms. The van der Waals surface area contributed by atoms with Crippen LogP contribution >= 0.6 is 11.6 Å². The van der Waals surface area contributed by atoms with Crippen LogP contribution < -0.4 is 4.90 Å². The van der Waals surface area contributed by atoms with Crippen molar-refractivity contribution in [2.24, 2.45) is 0 Å². The number of nitrogens with zero attached hydrogens (tertiary/aromatic N) is 2. The molecular formula is C11H15ClN3O4S+. The van der Waals surface area contributed by atoms with Gasteiger partial charge in [-0.15, -0.1) is 0 Å². The van der Waals surface area contributed by atoms with Crippen LogP contribution in [-0.2, 0) is 10.0 Å². The Kier molecular flexibility index (Phi) is 4.28. The van der Waals surface area contributed by atoms with Gasteiger partial charge in [-0.3, -0.25) is 10.1 Å². The Morgan fingerprint density at radius 3 is 2.50 bits per heavy atom. The third kappa shape index (κ3) is 2.93. The standard InChI is InChI=1S/C11H14ClN3O4S/c1-13-4-6-14(7-5-13)20(18,19)9-2-3-10(12)11(8-9)15(16)17/h2-3,8H,4-7H2,1H3/p+1. The van der Waals surface area contributed by atoms with Gasteiger partial charge in [0.15, 0.2) is 0 Å². The first-order valence-corrected chi connectivity index (χ1v) is 7.89. The zero-order valence-corrected chi connectivity index (χ0v) is 12.4. The zero-order valence-electron chi connectivity index (χ0n) is 10.9. The third-order valence-corrected chi connectivity index (χ3v) is 5.54. The second-order valence-corrected chi connectivity index (χ2v) is 7.08. The van der Waals surface area contributed by atoms with E-state index in [4.69, 9.17) is 11.6 Å². The van der Waals surface area contributed by atoms with E-state index in [0.29, 0.717) is 13.1 Å². The van der Waals surface area contributed by atoms with E-state index in [1.165, 1.54) is 21.3 Å². The molecule has 0 radical (unpaired) electrons. The molecule has 0 spiro atoms. The third-order valence-electron chi connectivity index (χ3n) is 3.33. The minimum atomic E-state index is -3.70. The highest BCUT2D eigenvalue weighted by Gasteiger charge is 2.30. The monoisotopic (exact) mass is 320 g/mol. The Hall–Kier alpha value is -1.22. The van der Waals surface area contributed by atoms with Crippen molar-refractivity contribution in [2.45, 2.75) is 4.90 Å². The highest BCUT2D eigenvalue weighted by molar-refractivity contribution is 7.89. The van der Waals surface area contributed by atoms with Crippen LogP contribution in [0.4, 0.5) is 5.69 Å². The van der Waals surface area contributed by atoms with Crippen molar-refractivity contribution in [1.29, 1.82) is 0 Å². The number of nitro benzene ring substituents is 1. The number of quaternary nitrogens is 1. The van der Waals surface area contributed by atoms with Gasteiger partial charge in [0, 0.05) is 6.07 Å². The average Bonchev–Trinajstić information content (AvgIpc) is 2.39. The zero-order chi connectivity index (χ0) is 14.9. The van der Waals surface area contributed by atoms with Crippen LogP contribution in [0.3, 0.4) is 0 Å². The average molecular weight is 321 g/mol. The molecular weight excluding hydrogens is 306 g/mol. The van der Waals surface area contributed by atoms with Crippen molar-refractivity contribution in [3.05, 3.63) is 33.3 Å². The molecule has 0 saturated carbocycles. The van der Waals surface area contributed by atoms with Crippen molar-refractivity contribution in [2.75, 3.05) is 33.2 Å². The number of nitro groups is 1. The molecule has 9 heteroatoms. The van der Waals surface area contributed by atoms with Crippen molar-refractivity contribution in [3.63, 3.8) is 0 Å². The molecule has 110 valence electrons. The molecule has 0 aliphatic carbocycles. The summed E-state index contributed by atoms with van der Waals surface area (Å²) < 4.78 is 26.2. The lowest BCUT2D eigenvalue weighted by atomic mass is 10.3. The molecule has 1 saturated heterocycles. The molecule has 1 aromatic rings. The minimum Gasteiger partial charge on any atom is -0.335 e. The quantitative estimate of drug-likeness (QED) is 0.615. The molecule has 0 bridgehead atoms. The van der Waals surface area contributed by atoms with E-state index >= 15 is 0 Å². The van der Waals surface area contributed by atoms with Gasteiger partial charge >= 0.3 is 0 Å². The Labute approximate surface area is 121 Å².